The minimum Gasteiger partial charge on any atom is -0.396 e. The molecule has 1 aromatic carbocycles. The van der Waals surface area contributed by atoms with Crippen molar-refractivity contribution >= 4 is 15.9 Å². The third-order valence-electron chi connectivity index (χ3n) is 3.50. The highest BCUT2D eigenvalue weighted by Gasteiger charge is 2.24. The second-order valence-electron chi connectivity index (χ2n) is 4.80. The van der Waals surface area contributed by atoms with Crippen molar-refractivity contribution < 1.29 is 5.11 Å². The molecule has 1 aliphatic rings. The van der Waals surface area contributed by atoms with E-state index < -0.39 is 0 Å². The Balaban J connectivity index is 2.24. The van der Waals surface area contributed by atoms with E-state index in [4.69, 9.17) is 0 Å². The van der Waals surface area contributed by atoms with Crippen molar-refractivity contribution in [2.75, 3.05) is 19.7 Å². The molecule has 1 fully saturated rings. The second kappa shape index (κ2) is 5.98. The SMILES string of the molecule is Cc1ccc(C(CCO)N2CCCC2)c(Br)c1. The Kier molecular flexibility index (Phi) is 4.60. The first-order valence-electron chi connectivity index (χ1n) is 6.33. The molecule has 0 spiro atoms. The normalized spacial score (nSPS) is 18.5. The van der Waals surface area contributed by atoms with Crippen molar-refractivity contribution in [2.45, 2.75) is 32.2 Å². The monoisotopic (exact) mass is 297 g/mol. The fourth-order valence-electron chi connectivity index (χ4n) is 2.61. The topological polar surface area (TPSA) is 23.5 Å². The van der Waals surface area contributed by atoms with E-state index in [9.17, 15) is 5.11 Å². The summed E-state index contributed by atoms with van der Waals surface area (Å²) >= 11 is 3.66. The molecule has 1 heterocycles. The van der Waals surface area contributed by atoms with Gasteiger partial charge in [-0.2, -0.15) is 0 Å². The van der Waals surface area contributed by atoms with E-state index in [1.54, 1.807) is 0 Å². The van der Waals surface area contributed by atoms with E-state index in [0.29, 0.717) is 6.04 Å². The largest absolute Gasteiger partial charge is 0.396 e. The van der Waals surface area contributed by atoms with Crippen molar-refractivity contribution in [3.63, 3.8) is 0 Å². The standard InChI is InChI=1S/C14H20BrNO/c1-11-4-5-12(13(15)10-11)14(6-9-17)16-7-2-3-8-16/h4-5,10,14,17H,2-3,6-9H2,1H3. The molecule has 0 radical (unpaired) electrons. The smallest absolute Gasteiger partial charge is 0.0449 e. The molecule has 94 valence electrons. The van der Waals surface area contributed by atoms with Crippen molar-refractivity contribution in [2.24, 2.45) is 0 Å². The predicted molar refractivity (Wildman–Crippen MR) is 74.1 cm³/mol. The molecule has 0 aliphatic carbocycles. The van der Waals surface area contributed by atoms with Crippen LogP contribution in [0, 0.1) is 6.92 Å². The van der Waals surface area contributed by atoms with Crippen molar-refractivity contribution in [1.29, 1.82) is 0 Å². The molecular weight excluding hydrogens is 278 g/mol. The van der Waals surface area contributed by atoms with Crippen LogP contribution in [0.25, 0.3) is 0 Å². The summed E-state index contributed by atoms with van der Waals surface area (Å²) in [6, 6.07) is 6.87. The molecule has 1 N–H and O–H groups in total. The highest BCUT2D eigenvalue weighted by Crippen LogP contribution is 2.33. The van der Waals surface area contributed by atoms with Crippen LogP contribution in [0.2, 0.25) is 0 Å². The molecule has 1 unspecified atom stereocenters. The number of aliphatic hydroxyl groups is 1. The molecule has 1 saturated heterocycles. The zero-order valence-electron chi connectivity index (χ0n) is 10.3. The first kappa shape index (κ1) is 13.1. The average Bonchev–Trinajstić information content (AvgIpc) is 2.80. The third kappa shape index (κ3) is 3.09. The van der Waals surface area contributed by atoms with Crippen molar-refractivity contribution in [3.8, 4) is 0 Å². The molecule has 0 amide bonds. The lowest BCUT2D eigenvalue weighted by Gasteiger charge is -2.28. The second-order valence-corrected chi connectivity index (χ2v) is 5.65. The Bertz CT molecular complexity index is 374. The van der Waals surface area contributed by atoms with Gasteiger partial charge in [0.2, 0.25) is 0 Å². The summed E-state index contributed by atoms with van der Waals surface area (Å²) in [6.07, 6.45) is 3.39. The maximum Gasteiger partial charge on any atom is 0.0449 e. The van der Waals surface area contributed by atoms with Crippen LogP contribution >= 0.6 is 15.9 Å². The Labute approximate surface area is 112 Å². The van der Waals surface area contributed by atoms with E-state index >= 15 is 0 Å². The van der Waals surface area contributed by atoms with Gasteiger partial charge in [0, 0.05) is 17.1 Å². The Morgan fingerprint density at radius 1 is 1.35 bits per heavy atom. The Morgan fingerprint density at radius 2 is 2.06 bits per heavy atom. The van der Waals surface area contributed by atoms with Gasteiger partial charge < -0.3 is 5.11 Å². The molecular formula is C14H20BrNO. The van der Waals surface area contributed by atoms with Crippen LogP contribution in [0.5, 0.6) is 0 Å². The van der Waals surface area contributed by atoms with E-state index in [1.165, 1.54) is 28.4 Å². The van der Waals surface area contributed by atoms with Gasteiger partial charge >= 0.3 is 0 Å². The number of halogens is 1. The van der Waals surface area contributed by atoms with E-state index in [2.05, 4.69) is 46.0 Å². The van der Waals surface area contributed by atoms with Crippen LogP contribution in [-0.4, -0.2) is 29.7 Å². The van der Waals surface area contributed by atoms with Gasteiger partial charge in [0.1, 0.15) is 0 Å². The fraction of sp³-hybridized carbons (Fsp3) is 0.571. The summed E-state index contributed by atoms with van der Waals surface area (Å²) in [6.45, 7) is 4.67. The molecule has 0 bridgehead atoms. The maximum absolute atomic E-state index is 9.26. The number of aliphatic hydroxyl groups excluding tert-OH is 1. The van der Waals surface area contributed by atoms with Crippen LogP contribution in [0.15, 0.2) is 22.7 Å². The van der Waals surface area contributed by atoms with E-state index in [1.807, 2.05) is 0 Å². The Hall–Kier alpha value is -0.380. The van der Waals surface area contributed by atoms with Crippen molar-refractivity contribution in [1.82, 2.24) is 4.90 Å². The molecule has 0 saturated carbocycles. The minimum absolute atomic E-state index is 0.251. The number of rotatable bonds is 4. The van der Waals surface area contributed by atoms with Gasteiger partial charge in [0.15, 0.2) is 0 Å². The van der Waals surface area contributed by atoms with Crippen LogP contribution in [0.3, 0.4) is 0 Å². The lowest BCUT2D eigenvalue weighted by Crippen LogP contribution is -2.26. The molecule has 2 nitrogen and oxygen atoms in total. The summed E-state index contributed by atoms with van der Waals surface area (Å²) in [5.41, 5.74) is 2.58. The summed E-state index contributed by atoms with van der Waals surface area (Å²) in [5.74, 6) is 0. The number of likely N-dealkylation sites (tertiary alicyclic amines) is 1. The van der Waals surface area contributed by atoms with Gasteiger partial charge in [-0.1, -0.05) is 28.1 Å². The maximum atomic E-state index is 9.26. The summed E-state index contributed by atoms with van der Waals surface area (Å²) in [7, 11) is 0. The molecule has 2 rings (SSSR count). The lowest BCUT2D eigenvalue weighted by atomic mass is 10.0. The molecule has 1 aliphatic heterocycles. The summed E-state index contributed by atoms with van der Waals surface area (Å²) < 4.78 is 1.17. The number of benzene rings is 1. The van der Waals surface area contributed by atoms with Gasteiger partial charge in [0.05, 0.1) is 0 Å². The minimum atomic E-state index is 0.251. The van der Waals surface area contributed by atoms with E-state index in [-0.39, 0.29) is 6.61 Å². The van der Waals surface area contributed by atoms with Gasteiger partial charge in [0.25, 0.3) is 0 Å². The molecule has 1 aromatic rings. The molecule has 1 atom stereocenters. The van der Waals surface area contributed by atoms with Gasteiger partial charge in [-0.25, -0.2) is 0 Å². The van der Waals surface area contributed by atoms with Crippen LogP contribution in [0.1, 0.15) is 36.4 Å². The zero-order chi connectivity index (χ0) is 12.3. The number of nitrogens with zero attached hydrogens (tertiary/aromatic N) is 1. The number of hydrogen-bond acceptors (Lipinski definition) is 2. The Morgan fingerprint density at radius 3 is 2.65 bits per heavy atom. The molecule has 3 heteroatoms. The first-order valence-corrected chi connectivity index (χ1v) is 7.12. The average molecular weight is 298 g/mol. The third-order valence-corrected chi connectivity index (χ3v) is 4.19. The molecule has 0 aromatic heterocycles. The van der Waals surface area contributed by atoms with E-state index in [0.717, 1.165) is 19.5 Å². The van der Waals surface area contributed by atoms with Gasteiger partial charge in [-0.3, -0.25) is 4.90 Å². The van der Waals surface area contributed by atoms with Gasteiger partial charge in [-0.15, -0.1) is 0 Å². The highest BCUT2D eigenvalue weighted by molar-refractivity contribution is 9.10. The predicted octanol–water partition coefficient (Wildman–Crippen LogP) is 3.28. The van der Waals surface area contributed by atoms with Crippen molar-refractivity contribution in [3.05, 3.63) is 33.8 Å². The summed E-state index contributed by atoms with van der Waals surface area (Å²) in [5, 5.41) is 9.26. The van der Waals surface area contributed by atoms with Crippen LogP contribution < -0.4 is 0 Å². The van der Waals surface area contributed by atoms with Crippen LogP contribution in [0.4, 0.5) is 0 Å². The number of aryl methyl sites for hydroxylation is 1. The molecule has 17 heavy (non-hydrogen) atoms. The first-order chi connectivity index (χ1) is 8.22. The zero-order valence-corrected chi connectivity index (χ0v) is 11.9. The van der Waals surface area contributed by atoms with Crippen LogP contribution in [-0.2, 0) is 0 Å². The fourth-order valence-corrected chi connectivity index (χ4v) is 3.37. The quantitative estimate of drug-likeness (QED) is 0.922. The van der Waals surface area contributed by atoms with Gasteiger partial charge in [-0.05, 0) is 56.5 Å². The lowest BCUT2D eigenvalue weighted by molar-refractivity contribution is 0.185. The summed E-state index contributed by atoms with van der Waals surface area (Å²) in [4.78, 5) is 2.49. The number of hydrogen-bond donors (Lipinski definition) is 1. The highest BCUT2D eigenvalue weighted by atomic mass is 79.9.